The number of benzene rings is 1. The molecule has 1 atom stereocenters. The molecule has 136 valence electrons. The lowest BCUT2D eigenvalue weighted by molar-refractivity contribution is -0.123. The smallest absolute Gasteiger partial charge is 0.238 e. The second-order valence-electron chi connectivity index (χ2n) is 6.02. The third-order valence-electron chi connectivity index (χ3n) is 3.54. The zero-order chi connectivity index (χ0) is 18.4. The Hall–Kier alpha value is -1.83. The lowest BCUT2D eigenvalue weighted by Gasteiger charge is -2.21. The summed E-state index contributed by atoms with van der Waals surface area (Å²) in [5, 5.41) is 3.22. The van der Waals surface area contributed by atoms with Crippen molar-refractivity contribution in [3.8, 4) is 0 Å². The molecule has 2 aromatic rings. The van der Waals surface area contributed by atoms with Gasteiger partial charge < -0.3 is 9.73 Å². The number of nitrogens with one attached hydrogen (secondary N) is 2. The number of sulfonamides is 1. The molecule has 0 aliphatic heterocycles. The number of halogens is 1. The predicted molar refractivity (Wildman–Crippen MR) is 96.4 cm³/mol. The fourth-order valence-corrected chi connectivity index (χ4v) is 3.83. The van der Waals surface area contributed by atoms with Crippen molar-refractivity contribution in [2.75, 3.05) is 0 Å². The Kier molecular flexibility index (Phi) is 6.64. The maximum atomic E-state index is 12.4. The van der Waals surface area contributed by atoms with E-state index in [0.29, 0.717) is 16.3 Å². The Balaban J connectivity index is 2.01. The Morgan fingerprint density at radius 3 is 2.44 bits per heavy atom. The van der Waals surface area contributed by atoms with Crippen LogP contribution in [0.5, 0.6) is 0 Å². The van der Waals surface area contributed by atoms with Crippen molar-refractivity contribution < 1.29 is 17.6 Å². The zero-order valence-electron chi connectivity index (χ0n) is 14.0. The van der Waals surface area contributed by atoms with Crippen LogP contribution >= 0.6 is 11.6 Å². The van der Waals surface area contributed by atoms with Gasteiger partial charge in [-0.15, -0.1) is 0 Å². The maximum Gasteiger partial charge on any atom is 0.238 e. The molecule has 0 aliphatic carbocycles. The molecular formula is C17H21ClN2O4S. The lowest BCUT2D eigenvalue weighted by atomic mass is 10.1. The molecule has 2 N–H and O–H groups in total. The van der Waals surface area contributed by atoms with Gasteiger partial charge in [-0.1, -0.05) is 37.6 Å². The van der Waals surface area contributed by atoms with Crippen molar-refractivity contribution in [3.63, 3.8) is 0 Å². The fraction of sp³-hybridized carbons (Fsp3) is 0.353. The van der Waals surface area contributed by atoms with E-state index in [1.165, 1.54) is 6.26 Å². The molecule has 0 radical (unpaired) electrons. The van der Waals surface area contributed by atoms with E-state index in [1.54, 1.807) is 50.2 Å². The van der Waals surface area contributed by atoms with Crippen molar-refractivity contribution in [2.45, 2.75) is 32.2 Å². The molecule has 0 spiro atoms. The summed E-state index contributed by atoms with van der Waals surface area (Å²) in [6.45, 7) is 3.76. The van der Waals surface area contributed by atoms with Crippen LogP contribution in [-0.4, -0.2) is 20.4 Å². The average molecular weight is 385 g/mol. The normalized spacial score (nSPS) is 13.0. The molecule has 1 aromatic carbocycles. The minimum absolute atomic E-state index is 0.202. The molecule has 0 bridgehead atoms. The van der Waals surface area contributed by atoms with Gasteiger partial charge in [0.1, 0.15) is 11.8 Å². The number of hydrogen-bond acceptors (Lipinski definition) is 4. The van der Waals surface area contributed by atoms with Gasteiger partial charge in [-0.2, -0.15) is 0 Å². The summed E-state index contributed by atoms with van der Waals surface area (Å²) in [6.07, 6.45) is 1.51. The van der Waals surface area contributed by atoms with Crippen LogP contribution in [-0.2, 0) is 27.1 Å². The monoisotopic (exact) mass is 384 g/mol. The van der Waals surface area contributed by atoms with E-state index in [-0.39, 0.29) is 18.2 Å². The first-order valence-electron chi connectivity index (χ1n) is 7.81. The first kappa shape index (κ1) is 19.5. The van der Waals surface area contributed by atoms with Crippen molar-refractivity contribution in [1.29, 1.82) is 0 Å². The van der Waals surface area contributed by atoms with Crippen molar-refractivity contribution in [2.24, 2.45) is 5.92 Å². The van der Waals surface area contributed by atoms with Crippen LogP contribution in [0.15, 0.2) is 47.1 Å². The van der Waals surface area contributed by atoms with Gasteiger partial charge in [0.25, 0.3) is 0 Å². The van der Waals surface area contributed by atoms with E-state index >= 15 is 0 Å². The van der Waals surface area contributed by atoms with E-state index in [2.05, 4.69) is 10.0 Å². The summed E-state index contributed by atoms with van der Waals surface area (Å²) in [5.74, 6) is -0.235. The van der Waals surface area contributed by atoms with Crippen LogP contribution in [0.2, 0.25) is 5.02 Å². The highest BCUT2D eigenvalue weighted by molar-refractivity contribution is 7.88. The van der Waals surface area contributed by atoms with Gasteiger partial charge in [0.05, 0.1) is 18.6 Å². The van der Waals surface area contributed by atoms with Gasteiger partial charge >= 0.3 is 0 Å². The van der Waals surface area contributed by atoms with Gasteiger partial charge in [0.15, 0.2) is 0 Å². The summed E-state index contributed by atoms with van der Waals surface area (Å²) < 4.78 is 32.4. The highest BCUT2D eigenvalue weighted by Crippen LogP contribution is 2.13. The molecule has 0 unspecified atom stereocenters. The highest BCUT2D eigenvalue weighted by atomic mass is 35.5. The summed E-state index contributed by atoms with van der Waals surface area (Å²) in [6, 6.07) is 9.12. The third-order valence-corrected chi connectivity index (χ3v) is 5.12. The van der Waals surface area contributed by atoms with Crippen LogP contribution in [0.3, 0.4) is 0 Å². The fourth-order valence-electron chi connectivity index (χ4n) is 2.22. The molecule has 8 heteroatoms. The zero-order valence-corrected chi connectivity index (χ0v) is 15.6. The molecule has 0 fully saturated rings. The number of rotatable bonds is 8. The number of hydrogen-bond donors (Lipinski definition) is 2. The largest absolute Gasteiger partial charge is 0.467 e. The van der Waals surface area contributed by atoms with Crippen molar-refractivity contribution >= 4 is 27.5 Å². The molecule has 0 saturated heterocycles. The predicted octanol–water partition coefficient (Wildman–Crippen LogP) is 2.69. The number of carbonyl (C=O) groups excluding carboxylic acids is 1. The highest BCUT2D eigenvalue weighted by Gasteiger charge is 2.27. The minimum Gasteiger partial charge on any atom is -0.467 e. The molecule has 0 aliphatic rings. The Morgan fingerprint density at radius 1 is 1.20 bits per heavy atom. The van der Waals surface area contributed by atoms with E-state index < -0.39 is 22.0 Å². The van der Waals surface area contributed by atoms with Crippen LogP contribution in [0, 0.1) is 5.92 Å². The standard InChI is InChI=1S/C17H21ClN2O4S/c1-12(2)16(17(21)19-10-15-4-3-9-24-15)20-25(22,23)11-13-5-7-14(18)8-6-13/h3-9,12,16,20H,10-11H2,1-2H3,(H,19,21)/t16-/m0/s1. The topological polar surface area (TPSA) is 88.4 Å². The molecule has 6 nitrogen and oxygen atoms in total. The van der Waals surface area contributed by atoms with E-state index in [0.717, 1.165) is 0 Å². The Labute approximate surface area is 152 Å². The number of furan rings is 1. The van der Waals surface area contributed by atoms with Crippen LogP contribution < -0.4 is 10.0 Å². The van der Waals surface area contributed by atoms with Crippen LogP contribution in [0.1, 0.15) is 25.2 Å². The molecule has 25 heavy (non-hydrogen) atoms. The summed E-state index contributed by atoms with van der Waals surface area (Å²) in [4.78, 5) is 12.4. The summed E-state index contributed by atoms with van der Waals surface area (Å²) >= 11 is 5.80. The lowest BCUT2D eigenvalue weighted by Crippen LogP contribution is -2.49. The van der Waals surface area contributed by atoms with E-state index in [1.807, 2.05) is 0 Å². The molecule has 1 aromatic heterocycles. The quantitative estimate of drug-likeness (QED) is 0.732. The molecule has 1 amide bonds. The first-order valence-corrected chi connectivity index (χ1v) is 9.84. The van der Waals surface area contributed by atoms with Gasteiger partial charge in [-0.3, -0.25) is 4.79 Å². The second-order valence-corrected chi connectivity index (χ2v) is 8.21. The van der Waals surface area contributed by atoms with Crippen LogP contribution in [0.4, 0.5) is 0 Å². The molecule has 1 heterocycles. The van der Waals surface area contributed by atoms with Gasteiger partial charge in [-0.25, -0.2) is 13.1 Å². The van der Waals surface area contributed by atoms with Gasteiger partial charge in [0, 0.05) is 5.02 Å². The first-order chi connectivity index (χ1) is 11.8. The Bertz CT molecular complexity index is 787. The van der Waals surface area contributed by atoms with Crippen molar-refractivity contribution in [3.05, 3.63) is 59.0 Å². The molecule has 0 saturated carbocycles. The number of amides is 1. The van der Waals surface area contributed by atoms with Gasteiger partial charge in [-0.05, 0) is 35.7 Å². The number of carbonyl (C=O) groups is 1. The summed E-state index contributed by atoms with van der Waals surface area (Å²) in [5.41, 5.74) is 0.593. The minimum atomic E-state index is -3.69. The van der Waals surface area contributed by atoms with Crippen LogP contribution in [0.25, 0.3) is 0 Å². The Morgan fingerprint density at radius 2 is 1.88 bits per heavy atom. The second kappa shape index (κ2) is 8.51. The third kappa shape index (κ3) is 6.19. The van der Waals surface area contributed by atoms with Gasteiger partial charge in [0.2, 0.25) is 15.9 Å². The van der Waals surface area contributed by atoms with E-state index in [9.17, 15) is 13.2 Å². The van der Waals surface area contributed by atoms with E-state index in [4.69, 9.17) is 16.0 Å². The molecule has 2 rings (SSSR count). The average Bonchev–Trinajstić information content (AvgIpc) is 3.05. The SMILES string of the molecule is CC(C)[C@H](NS(=O)(=O)Cc1ccc(Cl)cc1)C(=O)NCc1ccco1. The summed E-state index contributed by atoms with van der Waals surface area (Å²) in [7, 11) is -3.69. The molecular weight excluding hydrogens is 364 g/mol. The maximum absolute atomic E-state index is 12.4. The van der Waals surface area contributed by atoms with Crippen molar-refractivity contribution in [1.82, 2.24) is 10.0 Å².